The number of anilines is 3. The molecular weight excluding hydrogens is 520 g/mol. The van der Waals surface area contributed by atoms with Crippen molar-refractivity contribution in [2.45, 2.75) is 12.3 Å². The minimum atomic E-state index is -1.07. The molecule has 198 valence electrons. The zero-order valence-electron chi connectivity index (χ0n) is 21.8. The first-order valence-corrected chi connectivity index (χ1v) is 13.3. The summed E-state index contributed by atoms with van der Waals surface area (Å²) in [6.07, 6.45) is 0. The number of fused-ring (bicyclic) bond motifs is 9. The standard InChI is InChI=1S/C35H21F2NO3/c1-20-16-31(39)24-13-12-23(19-34(24)40-20)38-29-14-10-21(36)17-27(29)35(28-18-22(37)11-15-30(28)38)25-6-2-4-8-32(25)41-33-9-5-3-7-26(33)35/h2-19H,1H3. The van der Waals surface area contributed by atoms with E-state index in [0.717, 1.165) is 11.1 Å². The van der Waals surface area contributed by atoms with Crippen LogP contribution < -0.4 is 15.1 Å². The van der Waals surface area contributed by atoms with Crippen molar-refractivity contribution in [1.82, 2.24) is 0 Å². The van der Waals surface area contributed by atoms with Crippen LogP contribution in [-0.4, -0.2) is 0 Å². The van der Waals surface area contributed by atoms with Gasteiger partial charge in [0.05, 0.1) is 22.2 Å². The van der Waals surface area contributed by atoms with E-state index in [1.807, 2.05) is 59.5 Å². The molecule has 6 aromatic rings. The topological polar surface area (TPSA) is 42.7 Å². The Balaban J connectivity index is 1.52. The van der Waals surface area contributed by atoms with Gasteiger partial charge in [0.2, 0.25) is 0 Å². The summed E-state index contributed by atoms with van der Waals surface area (Å²) in [5.74, 6) is 0.910. The first-order valence-electron chi connectivity index (χ1n) is 13.3. The number of hydrogen-bond acceptors (Lipinski definition) is 4. The Labute approximate surface area is 233 Å². The average molecular weight is 542 g/mol. The maximum Gasteiger partial charge on any atom is 0.192 e. The Morgan fingerprint density at radius 1 is 0.659 bits per heavy atom. The second-order valence-electron chi connectivity index (χ2n) is 10.4. The molecule has 3 heterocycles. The molecule has 0 radical (unpaired) electrons. The van der Waals surface area contributed by atoms with Gasteiger partial charge in [-0.15, -0.1) is 0 Å². The molecule has 41 heavy (non-hydrogen) atoms. The molecule has 0 N–H and O–H groups in total. The molecule has 0 saturated carbocycles. The molecular formula is C35H21F2NO3. The van der Waals surface area contributed by atoms with Crippen molar-refractivity contribution in [2.75, 3.05) is 4.90 Å². The second-order valence-corrected chi connectivity index (χ2v) is 10.4. The number of benzene rings is 5. The normalized spacial score (nSPS) is 14.2. The summed E-state index contributed by atoms with van der Waals surface area (Å²) in [5, 5.41) is 0.457. The Morgan fingerprint density at radius 3 is 1.85 bits per heavy atom. The molecule has 0 fully saturated rings. The van der Waals surface area contributed by atoms with Crippen molar-refractivity contribution in [2.24, 2.45) is 0 Å². The molecule has 2 aliphatic rings. The Morgan fingerprint density at radius 2 is 1.24 bits per heavy atom. The summed E-state index contributed by atoms with van der Waals surface area (Å²) in [7, 11) is 0. The molecule has 6 heteroatoms. The van der Waals surface area contributed by atoms with Gasteiger partial charge in [0.1, 0.15) is 34.5 Å². The van der Waals surface area contributed by atoms with Gasteiger partial charge < -0.3 is 14.1 Å². The Kier molecular flexibility index (Phi) is 4.83. The maximum atomic E-state index is 15.3. The van der Waals surface area contributed by atoms with E-state index < -0.39 is 17.0 Å². The second kappa shape index (κ2) is 8.38. The molecule has 0 aliphatic carbocycles. The Bertz CT molecular complexity index is 2020. The van der Waals surface area contributed by atoms with Crippen LogP contribution in [0.5, 0.6) is 11.5 Å². The maximum absolute atomic E-state index is 15.3. The number of aryl methyl sites for hydroxylation is 1. The van der Waals surface area contributed by atoms with E-state index in [-0.39, 0.29) is 5.43 Å². The highest BCUT2D eigenvalue weighted by molar-refractivity contribution is 5.93. The van der Waals surface area contributed by atoms with Crippen LogP contribution in [0.4, 0.5) is 25.8 Å². The van der Waals surface area contributed by atoms with Crippen LogP contribution >= 0.6 is 0 Å². The highest BCUT2D eigenvalue weighted by Crippen LogP contribution is 2.62. The van der Waals surface area contributed by atoms with Crippen molar-refractivity contribution in [3.05, 3.63) is 159 Å². The molecule has 0 amide bonds. The molecule has 4 nitrogen and oxygen atoms in total. The fourth-order valence-corrected chi connectivity index (χ4v) is 6.54. The fraction of sp³-hybridized carbons (Fsp3) is 0.0571. The van der Waals surface area contributed by atoms with Gasteiger partial charge in [-0.05, 0) is 78.7 Å². The summed E-state index contributed by atoms with van der Waals surface area (Å²) in [4.78, 5) is 14.6. The fourth-order valence-electron chi connectivity index (χ4n) is 6.54. The number of nitrogens with zero attached hydrogens (tertiary/aromatic N) is 1. The van der Waals surface area contributed by atoms with Gasteiger partial charge in [0, 0.05) is 28.9 Å². The van der Waals surface area contributed by atoms with Crippen LogP contribution in [0.2, 0.25) is 0 Å². The molecule has 0 atom stereocenters. The van der Waals surface area contributed by atoms with Gasteiger partial charge in [-0.3, -0.25) is 4.79 Å². The number of rotatable bonds is 1. The number of ether oxygens (including phenoxy) is 1. The van der Waals surface area contributed by atoms with Gasteiger partial charge in [0.15, 0.2) is 5.43 Å². The molecule has 8 rings (SSSR count). The number of halogens is 2. The van der Waals surface area contributed by atoms with E-state index in [1.54, 1.807) is 31.2 Å². The molecule has 0 bridgehead atoms. The predicted molar refractivity (Wildman–Crippen MR) is 154 cm³/mol. The van der Waals surface area contributed by atoms with E-state index in [2.05, 4.69) is 0 Å². The quantitative estimate of drug-likeness (QED) is 0.209. The third kappa shape index (κ3) is 3.21. The van der Waals surface area contributed by atoms with E-state index in [9.17, 15) is 4.79 Å². The molecule has 0 saturated heterocycles. The Hall–Kier alpha value is -5.23. The molecule has 1 spiro atoms. The van der Waals surface area contributed by atoms with Gasteiger partial charge in [-0.1, -0.05) is 36.4 Å². The summed E-state index contributed by atoms with van der Waals surface area (Å²) < 4.78 is 42.8. The van der Waals surface area contributed by atoms with Crippen molar-refractivity contribution >= 4 is 28.0 Å². The molecule has 2 aliphatic heterocycles. The van der Waals surface area contributed by atoms with Crippen molar-refractivity contribution in [3.63, 3.8) is 0 Å². The van der Waals surface area contributed by atoms with Gasteiger partial charge in [-0.25, -0.2) is 8.78 Å². The molecule has 1 aromatic heterocycles. The molecule has 5 aromatic carbocycles. The highest BCUT2D eigenvalue weighted by atomic mass is 19.1. The predicted octanol–water partition coefficient (Wildman–Crippen LogP) is 8.65. The third-order valence-electron chi connectivity index (χ3n) is 8.10. The first-order chi connectivity index (χ1) is 19.9. The molecule has 0 unspecified atom stereocenters. The van der Waals surface area contributed by atoms with Crippen molar-refractivity contribution in [3.8, 4) is 11.5 Å². The van der Waals surface area contributed by atoms with E-state index in [1.165, 1.54) is 30.3 Å². The summed E-state index contributed by atoms with van der Waals surface area (Å²) in [6.45, 7) is 1.73. The summed E-state index contributed by atoms with van der Waals surface area (Å²) in [6, 6.07) is 31.5. The highest BCUT2D eigenvalue weighted by Gasteiger charge is 2.51. The zero-order valence-corrected chi connectivity index (χ0v) is 21.8. The SMILES string of the molecule is Cc1cc(=O)c2ccc(N3c4ccc(F)cc4C4(c5ccccc5Oc5ccccc54)c4cc(F)ccc43)cc2o1. The van der Waals surface area contributed by atoms with E-state index in [0.29, 0.717) is 56.4 Å². The largest absolute Gasteiger partial charge is 0.461 e. The lowest BCUT2D eigenvalue weighted by Crippen LogP contribution is -2.40. The van der Waals surface area contributed by atoms with E-state index in [4.69, 9.17) is 9.15 Å². The van der Waals surface area contributed by atoms with Crippen molar-refractivity contribution < 1.29 is 17.9 Å². The van der Waals surface area contributed by atoms with Gasteiger partial charge in [-0.2, -0.15) is 0 Å². The van der Waals surface area contributed by atoms with Crippen molar-refractivity contribution in [1.29, 1.82) is 0 Å². The number of para-hydroxylation sites is 2. The third-order valence-corrected chi connectivity index (χ3v) is 8.10. The van der Waals surface area contributed by atoms with Crippen LogP contribution in [0, 0.1) is 18.6 Å². The smallest absolute Gasteiger partial charge is 0.192 e. The van der Waals surface area contributed by atoms with Crippen LogP contribution in [0.1, 0.15) is 28.0 Å². The van der Waals surface area contributed by atoms with Gasteiger partial charge >= 0.3 is 0 Å². The lowest BCUT2D eigenvalue weighted by atomic mass is 9.61. The van der Waals surface area contributed by atoms with Crippen LogP contribution in [0.15, 0.2) is 118 Å². The van der Waals surface area contributed by atoms with Crippen LogP contribution in [-0.2, 0) is 5.41 Å². The number of hydrogen-bond donors (Lipinski definition) is 0. The average Bonchev–Trinajstić information content (AvgIpc) is 2.97. The minimum absolute atomic E-state index is 0.131. The zero-order chi connectivity index (χ0) is 27.9. The van der Waals surface area contributed by atoms with Gasteiger partial charge in [0.25, 0.3) is 0 Å². The van der Waals surface area contributed by atoms with E-state index >= 15 is 8.78 Å². The summed E-state index contributed by atoms with van der Waals surface area (Å²) >= 11 is 0. The lowest BCUT2D eigenvalue weighted by molar-refractivity contribution is 0.433. The lowest BCUT2D eigenvalue weighted by Gasteiger charge is -2.48. The van der Waals surface area contributed by atoms with Crippen LogP contribution in [0.25, 0.3) is 11.0 Å². The van der Waals surface area contributed by atoms with Crippen LogP contribution in [0.3, 0.4) is 0 Å². The monoisotopic (exact) mass is 541 g/mol. The summed E-state index contributed by atoms with van der Waals surface area (Å²) in [5.41, 5.74) is 4.21. The first kappa shape index (κ1) is 23.6. The minimum Gasteiger partial charge on any atom is -0.461 e.